The molecule has 1 fully saturated rings. The number of fused-ring (bicyclic) bond motifs is 1. The Balaban J connectivity index is 0.000000218. The summed E-state index contributed by atoms with van der Waals surface area (Å²) in [4.78, 5) is 14.6. The van der Waals surface area contributed by atoms with Gasteiger partial charge in [-0.05, 0) is 48.3 Å². The van der Waals surface area contributed by atoms with Crippen LogP contribution in [0.25, 0.3) is 0 Å². The fraction of sp³-hybridized carbons (Fsp3) is 0.167. The van der Waals surface area contributed by atoms with Gasteiger partial charge in [0.15, 0.2) is 11.5 Å². The molecule has 5 heteroatoms. The van der Waals surface area contributed by atoms with E-state index in [1.165, 1.54) is 0 Å². The number of benzene rings is 3. The normalized spacial score (nSPS) is 15.7. The third kappa shape index (κ3) is 5.30. The van der Waals surface area contributed by atoms with E-state index in [2.05, 4.69) is 30.8 Å². The second kappa shape index (κ2) is 10.8. The maximum atomic E-state index is 12.7. The molecular formula is C30H29NO4. The summed E-state index contributed by atoms with van der Waals surface area (Å²) in [6, 6.07) is 23.5. The average Bonchev–Trinajstić information content (AvgIpc) is 3.43. The minimum Gasteiger partial charge on any atom is -0.508 e. The zero-order valence-electron chi connectivity index (χ0n) is 20.0. The Labute approximate surface area is 206 Å². The van der Waals surface area contributed by atoms with Gasteiger partial charge in [0.25, 0.3) is 0 Å². The van der Waals surface area contributed by atoms with E-state index in [0.29, 0.717) is 17.9 Å². The van der Waals surface area contributed by atoms with Crippen LogP contribution < -0.4 is 9.47 Å². The molecule has 3 aromatic rings. The largest absolute Gasteiger partial charge is 0.508 e. The number of hydrogen-bond donors (Lipinski definition) is 1. The van der Waals surface area contributed by atoms with Crippen LogP contribution in [0.4, 0.5) is 0 Å². The minimum atomic E-state index is -0.143. The Morgan fingerprint density at radius 3 is 2.11 bits per heavy atom. The molecule has 5 rings (SSSR count). The second-order valence-corrected chi connectivity index (χ2v) is 8.34. The van der Waals surface area contributed by atoms with E-state index in [4.69, 9.17) is 9.47 Å². The van der Waals surface area contributed by atoms with Gasteiger partial charge in [-0.2, -0.15) is 0 Å². The number of aromatic hydroxyl groups is 1. The van der Waals surface area contributed by atoms with Gasteiger partial charge in [-0.15, -0.1) is 0 Å². The third-order valence-electron chi connectivity index (χ3n) is 5.88. The molecule has 0 aromatic heterocycles. The zero-order valence-corrected chi connectivity index (χ0v) is 20.0. The monoisotopic (exact) mass is 467 g/mol. The van der Waals surface area contributed by atoms with Crippen molar-refractivity contribution < 1.29 is 19.4 Å². The van der Waals surface area contributed by atoms with E-state index < -0.39 is 0 Å². The molecule has 0 atom stereocenters. The molecule has 0 radical (unpaired) electrons. The highest BCUT2D eigenvalue weighted by molar-refractivity contribution is 5.88. The molecule has 35 heavy (non-hydrogen) atoms. The van der Waals surface area contributed by atoms with Gasteiger partial charge < -0.3 is 19.5 Å². The number of amides is 1. The lowest BCUT2D eigenvalue weighted by atomic mass is 9.97. The molecule has 5 nitrogen and oxygen atoms in total. The first kappa shape index (κ1) is 23.9. The first-order valence-electron chi connectivity index (χ1n) is 11.5. The van der Waals surface area contributed by atoms with E-state index in [9.17, 15) is 9.90 Å². The third-order valence-corrected chi connectivity index (χ3v) is 5.88. The Morgan fingerprint density at radius 2 is 1.54 bits per heavy atom. The van der Waals surface area contributed by atoms with Gasteiger partial charge in [0, 0.05) is 11.8 Å². The Hall–Kier alpha value is -4.25. The predicted octanol–water partition coefficient (Wildman–Crippen LogP) is 6.45. The fourth-order valence-corrected chi connectivity index (χ4v) is 4.13. The van der Waals surface area contributed by atoms with Crippen LogP contribution >= 0.6 is 0 Å². The first-order chi connectivity index (χ1) is 17.0. The summed E-state index contributed by atoms with van der Waals surface area (Å²) in [7, 11) is 0. The molecule has 0 saturated carbocycles. The van der Waals surface area contributed by atoms with Crippen LogP contribution in [0.5, 0.6) is 17.2 Å². The number of hydrogen-bond acceptors (Lipinski definition) is 4. The van der Waals surface area contributed by atoms with Crippen LogP contribution in [0, 0.1) is 6.92 Å². The van der Waals surface area contributed by atoms with Gasteiger partial charge in [-0.1, -0.05) is 79.4 Å². The molecule has 2 heterocycles. The number of rotatable bonds is 4. The standard InChI is InChI=1S/C22H21NO.C8H8O3/c1-3-4-15-20-17(2)16-21(24)23(20)22(18-11-7-5-8-12-18)19-13-9-6-10-14-19;1-5-2-7-8(3-6(5)9)11-4-10-7/h3-15,22H,2,16H2,1H3;2-3,9H,4H2,1H3/b4-3-,20-15+;. The first-order valence-corrected chi connectivity index (χ1v) is 11.5. The molecule has 2 aliphatic heterocycles. The summed E-state index contributed by atoms with van der Waals surface area (Å²) in [6.07, 6.45) is 6.27. The molecule has 0 spiro atoms. The van der Waals surface area contributed by atoms with Crippen molar-refractivity contribution in [1.82, 2.24) is 4.90 Å². The molecular weight excluding hydrogens is 438 g/mol. The lowest BCUT2D eigenvalue weighted by Gasteiger charge is -2.30. The Morgan fingerprint density at radius 1 is 0.971 bits per heavy atom. The highest BCUT2D eigenvalue weighted by Gasteiger charge is 2.35. The predicted molar refractivity (Wildman–Crippen MR) is 137 cm³/mol. The van der Waals surface area contributed by atoms with Gasteiger partial charge in [-0.25, -0.2) is 0 Å². The van der Waals surface area contributed by atoms with Gasteiger partial charge in [0.05, 0.1) is 12.5 Å². The van der Waals surface area contributed by atoms with Crippen LogP contribution in [-0.4, -0.2) is 22.7 Å². The van der Waals surface area contributed by atoms with E-state index >= 15 is 0 Å². The number of nitrogens with zero attached hydrogens (tertiary/aromatic N) is 1. The Kier molecular flexibility index (Phi) is 7.36. The average molecular weight is 468 g/mol. The fourth-order valence-electron chi connectivity index (χ4n) is 4.13. The highest BCUT2D eigenvalue weighted by atomic mass is 16.7. The van der Waals surface area contributed by atoms with Gasteiger partial charge in [0.1, 0.15) is 5.75 Å². The van der Waals surface area contributed by atoms with Crippen molar-refractivity contribution in [2.45, 2.75) is 26.3 Å². The van der Waals surface area contributed by atoms with Gasteiger partial charge in [0.2, 0.25) is 12.7 Å². The SMILES string of the molecule is C=C1CC(=O)N(C(c2ccccc2)c2ccccc2)/C1=C/C=C\C.Cc1cc2c(cc1O)OCO2. The number of carbonyl (C=O) groups is 1. The molecule has 0 aliphatic carbocycles. The van der Waals surface area contributed by atoms with Crippen LogP contribution in [0.2, 0.25) is 0 Å². The van der Waals surface area contributed by atoms with Crippen molar-refractivity contribution in [2.75, 3.05) is 6.79 Å². The van der Waals surface area contributed by atoms with Crippen LogP contribution in [0.1, 0.15) is 36.1 Å². The maximum absolute atomic E-state index is 12.7. The number of aryl methyl sites for hydroxylation is 1. The molecule has 0 unspecified atom stereocenters. The van der Waals surface area contributed by atoms with Crippen LogP contribution in [0.3, 0.4) is 0 Å². The van der Waals surface area contributed by atoms with Gasteiger partial charge in [-0.3, -0.25) is 4.79 Å². The zero-order chi connectivity index (χ0) is 24.8. The van der Waals surface area contributed by atoms with Crippen molar-refractivity contribution in [3.8, 4) is 17.2 Å². The summed E-state index contributed by atoms with van der Waals surface area (Å²) >= 11 is 0. The van der Waals surface area contributed by atoms with Crippen LogP contribution in [0.15, 0.2) is 109 Å². The van der Waals surface area contributed by atoms with Crippen molar-refractivity contribution in [1.29, 1.82) is 0 Å². The molecule has 2 aliphatic rings. The molecule has 3 aromatic carbocycles. The summed E-state index contributed by atoms with van der Waals surface area (Å²) in [5, 5.41) is 9.25. The summed E-state index contributed by atoms with van der Waals surface area (Å²) in [6.45, 7) is 8.12. The number of ether oxygens (including phenoxy) is 2. The van der Waals surface area contributed by atoms with E-state index in [0.717, 1.165) is 28.0 Å². The van der Waals surface area contributed by atoms with Crippen molar-refractivity contribution >= 4 is 5.91 Å². The van der Waals surface area contributed by atoms with E-state index in [1.807, 2.05) is 73.4 Å². The molecule has 178 valence electrons. The topological polar surface area (TPSA) is 59.0 Å². The molecule has 1 saturated heterocycles. The maximum Gasteiger partial charge on any atom is 0.232 e. The van der Waals surface area contributed by atoms with Crippen molar-refractivity contribution in [3.05, 3.63) is 126 Å². The lowest BCUT2D eigenvalue weighted by molar-refractivity contribution is -0.127. The number of allylic oxidation sites excluding steroid dienone is 4. The van der Waals surface area contributed by atoms with E-state index in [1.54, 1.807) is 12.1 Å². The molecule has 1 N–H and O–H groups in total. The van der Waals surface area contributed by atoms with Crippen molar-refractivity contribution in [3.63, 3.8) is 0 Å². The summed E-state index contributed by atoms with van der Waals surface area (Å²) < 4.78 is 10.2. The highest BCUT2D eigenvalue weighted by Crippen LogP contribution is 2.39. The number of carbonyl (C=O) groups excluding carboxylic acids is 1. The smallest absolute Gasteiger partial charge is 0.232 e. The van der Waals surface area contributed by atoms with Gasteiger partial charge >= 0.3 is 0 Å². The molecule has 0 bridgehead atoms. The minimum absolute atomic E-state index is 0.0912. The van der Waals surface area contributed by atoms with Crippen molar-refractivity contribution in [2.24, 2.45) is 0 Å². The summed E-state index contributed by atoms with van der Waals surface area (Å²) in [5.41, 5.74) is 4.76. The quantitative estimate of drug-likeness (QED) is 0.479. The number of likely N-dealkylation sites (tertiary alicyclic amines) is 1. The molecule has 1 amide bonds. The second-order valence-electron chi connectivity index (χ2n) is 8.34. The lowest BCUT2D eigenvalue weighted by Crippen LogP contribution is -2.29. The number of phenolic OH excluding ortho intramolecular Hbond substituents is 1. The van der Waals surface area contributed by atoms with E-state index in [-0.39, 0.29) is 24.5 Å². The summed E-state index contributed by atoms with van der Waals surface area (Å²) in [5.74, 6) is 1.66. The number of phenols is 1. The Bertz CT molecular complexity index is 1190. The van der Waals surface area contributed by atoms with Crippen LogP contribution in [-0.2, 0) is 4.79 Å².